The Kier molecular flexibility index (Phi) is 7.14. The molecule has 1 rings (SSSR count). The summed E-state index contributed by atoms with van der Waals surface area (Å²) in [4.78, 5) is 23.0. The maximum absolute atomic E-state index is 11.6. The van der Waals surface area contributed by atoms with E-state index in [9.17, 15) is 14.7 Å². The van der Waals surface area contributed by atoms with Gasteiger partial charge in [0, 0.05) is 30.5 Å². The molecule has 5 nitrogen and oxygen atoms in total. The summed E-state index contributed by atoms with van der Waals surface area (Å²) in [6.07, 6.45) is 1.28. The van der Waals surface area contributed by atoms with E-state index in [0.717, 1.165) is 6.42 Å². The van der Waals surface area contributed by atoms with Crippen LogP contribution in [0.25, 0.3) is 0 Å². The van der Waals surface area contributed by atoms with Crippen LogP contribution in [0.3, 0.4) is 0 Å². The molecular formula is C13H20N2O3S. The topological polar surface area (TPSA) is 78.4 Å². The van der Waals surface area contributed by atoms with Gasteiger partial charge in [0.1, 0.15) is 0 Å². The van der Waals surface area contributed by atoms with Crippen molar-refractivity contribution in [2.24, 2.45) is 0 Å². The molecule has 1 aromatic rings. The molecule has 0 aliphatic heterocycles. The van der Waals surface area contributed by atoms with E-state index in [2.05, 4.69) is 10.6 Å². The summed E-state index contributed by atoms with van der Waals surface area (Å²) in [7, 11) is 0. The third-order valence-electron chi connectivity index (χ3n) is 2.58. The zero-order valence-electron chi connectivity index (χ0n) is 11.0. The van der Waals surface area contributed by atoms with Crippen molar-refractivity contribution in [3.05, 3.63) is 22.4 Å². The van der Waals surface area contributed by atoms with Crippen molar-refractivity contribution in [2.45, 2.75) is 32.3 Å². The molecule has 0 fully saturated rings. The van der Waals surface area contributed by atoms with Crippen LogP contribution in [0.5, 0.6) is 0 Å². The summed E-state index contributed by atoms with van der Waals surface area (Å²) < 4.78 is 0. The highest BCUT2D eigenvalue weighted by atomic mass is 32.1. The summed E-state index contributed by atoms with van der Waals surface area (Å²) in [5.74, 6) is -0.333. The Morgan fingerprint density at radius 2 is 2.21 bits per heavy atom. The normalized spacial score (nSPS) is 11.9. The number of aliphatic hydroxyl groups is 1. The van der Waals surface area contributed by atoms with E-state index in [-0.39, 0.29) is 24.8 Å². The molecule has 0 saturated carbocycles. The molecule has 1 unspecified atom stereocenters. The van der Waals surface area contributed by atoms with Crippen molar-refractivity contribution in [2.75, 3.05) is 13.1 Å². The number of aliphatic hydroxyl groups excluding tert-OH is 1. The van der Waals surface area contributed by atoms with Crippen LogP contribution >= 0.6 is 11.3 Å². The first-order chi connectivity index (χ1) is 9.13. The first-order valence-electron chi connectivity index (χ1n) is 6.38. The van der Waals surface area contributed by atoms with Crippen molar-refractivity contribution in [3.63, 3.8) is 0 Å². The average molecular weight is 284 g/mol. The molecule has 0 spiro atoms. The molecule has 106 valence electrons. The van der Waals surface area contributed by atoms with Gasteiger partial charge in [-0.3, -0.25) is 9.59 Å². The van der Waals surface area contributed by atoms with Gasteiger partial charge < -0.3 is 15.7 Å². The number of rotatable bonds is 8. The summed E-state index contributed by atoms with van der Waals surface area (Å²) in [5.41, 5.74) is 0.615. The zero-order chi connectivity index (χ0) is 14.1. The smallest absolute Gasteiger partial charge is 0.252 e. The second-order valence-electron chi connectivity index (χ2n) is 4.26. The molecule has 19 heavy (non-hydrogen) atoms. The molecule has 6 heteroatoms. The number of amides is 2. The molecule has 0 bridgehead atoms. The molecule has 0 aromatic carbocycles. The number of thiophene rings is 1. The highest BCUT2D eigenvalue weighted by Crippen LogP contribution is 2.05. The van der Waals surface area contributed by atoms with E-state index < -0.39 is 6.10 Å². The van der Waals surface area contributed by atoms with Gasteiger partial charge >= 0.3 is 0 Å². The maximum atomic E-state index is 11.6. The van der Waals surface area contributed by atoms with Gasteiger partial charge in [0.15, 0.2) is 0 Å². The first-order valence-corrected chi connectivity index (χ1v) is 7.33. The fourth-order valence-electron chi connectivity index (χ4n) is 1.54. The van der Waals surface area contributed by atoms with Crippen LogP contribution in [0.2, 0.25) is 0 Å². The van der Waals surface area contributed by atoms with E-state index in [1.54, 1.807) is 11.4 Å². The second-order valence-corrected chi connectivity index (χ2v) is 5.04. The van der Waals surface area contributed by atoms with Gasteiger partial charge in [0.05, 0.1) is 6.10 Å². The molecule has 1 heterocycles. The summed E-state index contributed by atoms with van der Waals surface area (Å²) in [5, 5.41) is 18.4. The Bertz CT molecular complexity index is 393. The van der Waals surface area contributed by atoms with Crippen molar-refractivity contribution in [1.82, 2.24) is 10.6 Å². The Labute approximate surface area is 117 Å². The van der Waals surface area contributed by atoms with Crippen LogP contribution in [0.1, 0.15) is 36.5 Å². The van der Waals surface area contributed by atoms with E-state index in [1.165, 1.54) is 11.3 Å². The highest BCUT2D eigenvalue weighted by molar-refractivity contribution is 7.08. The highest BCUT2D eigenvalue weighted by Gasteiger charge is 2.08. The molecule has 0 aliphatic rings. The fourth-order valence-corrected chi connectivity index (χ4v) is 2.18. The van der Waals surface area contributed by atoms with E-state index in [1.807, 2.05) is 12.3 Å². The van der Waals surface area contributed by atoms with Crippen molar-refractivity contribution < 1.29 is 14.7 Å². The largest absolute Gasteiger partial charge is 0.391 e. The van der Waals surface area contributed by atoms with Gasteiger partial charge in [0.25, 0.3) is 5.91 Å². The van der Waals surface area contributed by atoms with E-state index in [4.69, 9.17) is 0 Å². The second kappa shape index (κ2) is 8.66. The zero-order valence-corrected chi connectivity index (χ0v) is 11.8. The number of hydrogen-bond acceptors (Lipinski definition) is 4. The third kappa shape index (κ3) is 6.35. The Balaban J connectivity index is 2.12. The van der Waals surface area contributed by atoms with Gasteiger partial charge in [-0.15, -0.1) is 0 Å². The molecule has 3 N–H and O–H groups in total. The van der Waals surface area contributed by atoms with Crippen LogP contribution in [0.4, 0.5) is 0 Å². The van der Waals surface area contributed by atoms with Gasteiger partial charge in [-0.25, -0.2) is 0 Å². The lowest BCUT2D eigenvalue weighted by molar-refractivity contribution is -0.121. The minimum Gasteiger partial charge on any atom is -0.391 e. The lowest BCUT2D eigenvalue weighted by Gasteiger charge is -2.10. The number of hydrogen-bond donors (Lipinski definition) is 3. The van der Waals surface area contributed by atoms with Crippen LogP contribution in [0.15, 0.2) is 16.8 Å². The predicted octanol–water partition coefficient (Wildman–Crippen LogP) is 1.15. The summed E-state index contributed by atoms with van der Waals surface area (Å²) >= 11 is 1.46. The summed E-state index contributed by atoms with van der Waals surface area (Å²) in [6, 6.07) is 1.74. The van der Waals surface area contributed by atoms with Crippen LogP contribution in [-0.4, -0.2) is 36.1 Å². The molecule has 0 saturated heterocycles. The van der Waals surface area contributed by atoms with Crippen molar-refractivity contribution >= 4 is 23.2 Å². The minimum atomic E-state index is -0.491. The van der Waals surface area contributed by atoms with Crippen LogP contribution in [-0.2, 0) is 4.79 Å². The SMILES string of the molecule is CCCC(O)CNC(=O)CCNC(=O)c1ccsc1. The van der Waals surface area contributed by atoms with Gasteiger partial charge in [-0.05, 0) is 17.9 Å². The van der Waals surface area contributed by atoms with Crippen molar-refractivity contribution in [1.29, 1.82) is 0 Å². The Hall–Kier alpha value is -1.40. The number of carbonyl (C=O) groups excluding carboxylic acids is 2. The van der Waals surface area contributed by atoms with Gasteiger partial charge in [0.2, 0.25) is 5.91 Å². The number of carbonyl (C=O) groups is 2. The molecule has 1 atom stereocenters. The minimum absolute atomic E-state index is 0.166. The van der Waals surface area contributed by atoms with E-state index >= 15 is 0 Å². The summed E-state index contributed by atoms with van der Waals surface area (Å²) in [6.45, 7) is 2.54. The Morgan fingerprint density at radius 3 is 2.84 bits per heavy atom. The molecule has 2 amide bonds. The third-order valence-corrected chi connectivity index (χ3v) is 3.26. The monoisotopic (exact) mass is 284 g/mol. The molecular weight excluding hydrogens is 264 g/mol. The Morgan fingerprint density at radius 1 is 1.42 bits per heavy atom. The quantitative estimate of drug-likeness (QED) is 0.670. The van der Waals surface area contributed by atoms with Gasteiger partial charge in [-0.2, -0.15) is 11.3 Å². The fraction of sp³-hybridized carbons (Fsp3) is 0.538. The predicted molar refractivity (Wildman–Crippen MR) is 75.2 cm³/mol. The lowest BCUT2D eigenvalue weighted by Crippen LogP contribution is -2.34. The lowest BCUT2D eigenvalue weighted by atomic mass is 10.2. The standard InChI is InChI=1S/C13H20N2O3S/c1-2-3-11(16)8-15-12(17)4-6-14-13(18)10-5-7-19-9-10/h5,7,9,11,16H,2-4,6,8H2,1H3,(H,14,18)(H,15,17). The van der Waals surface area contributed by atoms with Gasteiger partial charge in [-0.1, -0.05) is 13.3 Å². The van der Waals surface area contributed by atoms with Crippen molar-refractivity contribution in [3.8, 4) is 0 Å². The van der Waals surface area contributed by atoms with E-state index in [0.29, 0.717) is 18.5 Å². The maximum Gasteiger partial charge on any atom is 0.252 e. The number of nitrogens with one attached hydrogen (secondary N) is 2. The van der Waals surface area contributed by atoms with Crippen LogP contribution < -0.4 is 10.6 Å². The average Bonchev–Trinajstić information content (AvgIpc) is 2.90. The molecule has 0 radical (unpaired) electrons. The molecule has 0 aliphatic carbocycles. The molecule has 1 aromatic heterocycles. The van der Waals surface area contributed by atoms with Crippen LogP contribution in [0, 0.1) is 0 Å². The first kappa shape index (κ1) is 15.7.